The Morgan fingerprint density at radius 3 is 2.14 bits per heavy atom. The highest BCUT2D eigenvalue weighted by Crippen LogP contribution is 2.34. The summed E-state index contributed by atoms with van der Waals surface area (Å²) in [5.41, 5.74) is 2.41. The number of H-pyrrole nitrogens is 1. The first kappa shape index (κ1) is 24.3. The molecule has 0 atom stereocenters. The fourth-order valence-corrected chi connectivity index (χ4v) is 6.47. The van der Waals surface area contributed by atoms with Crippen LogP contribution in [-0.4, -0.2) is 62.6 Å². The fraction of sp³-hybridized carbons (Fsp3) is 0.385. The Hall–Kier alpha value is -2.36. The second-order valence-corrected chi connectivity index (χ2v) is 11.0. The van der Waals surface area contributed by atoms with Gasteiger partial charge in [0.15, 0.2) is 0 Å². The number of aromatic nitrogens is 2. The molecule has 0 aliphatic carbocycles. The molecule has 2 fully saturated rings. The number of nitrogens with zero attached hydrogens (tertiary/aromatic N) is 3. The summed E-state index contributed by atoms with van der Waals surface area (Å²) in [5.74, 6) is 0.0893. The molecule has 0 radical (unpaired) electrons. The number of benzene rings is 2. The molecule has 0 bridgehead atoms. The van der Waals surface area contributed by atoms with E-state index in [0.717, 1.165) is 63.1 Å². The molecule has 1 amide bonds. The zero-order valence-electron chi connectivity index (χ0n) is 19.3. The molecule has 2 aromatic carbocycles. The van der Waals surface area contributed by atoms with Crippen LogP contribution in [0.15, 0.2) is 62.4 Å². The molecule has 0 spiro atoms. The number of nitrogens with one attached hydrogen (secondary N) is 1. The van der Waals surface area contributed by atoms with E-state index < -0.39 is 0 Å². The van der Waals surface area contributed by atoms with Crippen LogP contribution in [0.4, 0.5) is 0 Å². The minimum atomic E-state index is -0.0402. The molecule has 3 aromatic rings. The van der Waals surface area contributed by atoms with Gasteiger partial charge >= 0.3 is 5.69 Å². The molecule has 5 rings (SSSR count). The maximum Gasteiger partial charge on any atom is 0.326 e. The van der Waals surface area contributed by atoms with Gasteiger partial charge in [0.2, 0.25) is 0 Å². The van der Waals surface area contributed by atoms with Crippen LogP contribution in [0.25, 0.3) is 11.3 Å². The van der Waals surface area contributed by atoms with E-state index in [1.54, 1.807) is 12.1 Å². The minimum absolute atomic E-state index is 0.00962. The van der Waals surface area contributed by atoms with E-state index in [-0.39, 0.29) is 23.4 Å². The molecule has 0 unspecified atom stereocenters. The Labute approximate surface area is 221 Å². The number of carbonyl (C=O) groups excluding carboxylic acids is 1. The first-order valence-electron chi connectivity index (χ1n) is 12.0. The largest absolute Gasteiger partial charge is 0.506 e. The lowest BCUT2D eigenvalue weighted by Crippen LogP contribution is -2.49. The van der Waals surface area contributed by atoms with Crippen molar-refractivity contribution in [2.24, 2.45) is 0 Å². The quantitative estimate of drug-likeness (QED) is 0.439. The van der Waals surface area contributed by atoms with Gasteiger partial charge < -0.3 is 19.9 Å². The first-order valence-corrected chi connectivity index (χ1v) is 13.6. The topological polar surface area (TPSA) is 81.6 Å². The van der Waals surface area contributed by atoms with Crippen molar-refractivity contribution >= 4 is 37.8 Å². The highest BCUT2D eigenvalue weighted by Gasteiger charge is 2.31. The van der Waals surface area contributed by atoms with Crippen LogP contribution < -0.4 is 5.69 Å². The van der Waals surface area contributed by atoms with E-state index in [1.807, 2.05) is 46.0 Å². The highest BCUT2D eigenvalue weighted by atomic mass is 79.9. The predicted octanol–water partition coefficient (Wildman–Crippen LogP) is 5.02. The summed E-state index contributed by atoms with van der Waals surface area (Å²) in [7, 11) is 0. The number of imidazole rings is 1. The minimum Gasteiger partial charge on any atom is -0.506 e. The molecule has 3 heterocycles. The number of carbonyl (C=O) groups is 1. The van der Waals surface area contributed by atoms with Gasteiger partial charge in [0.1, 0.15) is 5.75 Å². The van der Waals surface area contributed by atoms with Crippen LogP contribution in [-0.2, 0) is 0 Å². The van der Waals surface area contributed by atoms with Crippen molar-refractivity contribution in [2.75, 3.05) is 26.2 Å². The Kier molecular flexibility index (Phi) is 7.18. The van der Waals surface area contributed by atoms with Crippen LogP contribution in [0.1, 0.15) is 42.1 Å². The first-order chi connectivity index (χ1) is 16.9. The van der Waals surface area contributed by atoms with E-state index in [0.29, 0.717) is 20.6 Å². The van der Waals surface area contributed by atoms with E-state index >= 15 is 0 Å². The van der Waals surface area contributed by atoms with Crippen molar-refractivity contribution in [1.82, 2.24) is 19.4 Å². The van der Waals surface area contributed by atoms with Crippen LogP contribution >= 0.6 is 31.9 Å². The van der Waals surface area contributed by atoms with Gasteiger partial charge in [0, 0.05) is 50.0 Å². The summed E-state index contributed by atoms with van der Waals surface area (Å²) in [4.78, 5) is 33.0. The van der Waals surface area contributed by atoms with Crippen molar-refractivity contribution in [3.05, 3.63) is 73.7 Å². The van der Waals surface area contributed by atoms with Gasteiger partial charge in [0.05, 0.1) is 14.6 Å². The summed E-state index contributed by atoms with van der Waals surface area (Å²) in [6.07, 6.45) is 5.74. The summed E-state index contributed by atoms with van der Waals surface area (Å²) in [5, 5.41) is 9.92. The maximum absolute atomic E-state index is 13.0. The molecule has 184 valence electrons. The van der Waals surface area contributed by atoms with Gasteiger partial charge in [-0.05, 0) is 75.2 Å². The highest BCUT2D eigenvalue weighted by molar-refractivity contribution is 9.11. The zero-order chi connectivity index (χ0) is 24.5. The molecule has 7 nitrogen and oxygen atoms in total. The molecule has 2 saturated heterocycles. The van der Waals surface area contributed by atoms with Gasteiger partial charge in [0.25, 0.3) is 5.91 Å². The average molecular weight is 604 g/mol. The summed E-state index contributed by atoms with van der Waals surface area (Å²) in [6, 6.07) is 14.0. The molecular weight excluding hydrogens is 576 g/mol. The van der Waals surface area contributed by atoms with Gasteiger partial charge in [-0.3, -0.25) is 9.36 Å². The van der Waals surface area contributed by atoms with Crippen molar-refractivity contribution in [1.29, 1.82) is 0 Å². The molecule has 0 saturated carbocycles. The Morgan fingerprint density at radius 2 is 1.51 bits per heavy atom. The van der Waals surface area contributed by atoms with E-state index in [4.69, 9.17) is 0 Å². The Bertz CT molecular complexity index is 1230. The lowest BCUT2D eigenvalue weighted by atomic mass is 9.97. The second kappa shape index (κ2) is 10.3. The van der Waals surface area contributed by atoms with E-state index in [9.17, 15) is 14.7 Å². The summed E-state index contributed by atoms with van der Waals surface area (Å²) in [6.45, 7) is 3.35. The maximum atomic E-state index is 13.0. The van der Waals surface area contributed by atoms with Crippen LogP contribution in [0, 0.1) is 0 Å². The lowest BCUT2D eigenvalue weighted by molar-refractivity contribution is 0.0556. The average Bonchev–Trinajstić information content (AvgIpc) is 3.29. The van der Waals surface area contributed by atoms with Gasteiger partial charge in [-0.2, -0.15) is 0 Å². The number of halogens is 2. The second-order valence-electron chi connectivity index (χ2n) is 9.33. The summed E-state index contributed by atoms with van der Waals surface area (Å²) < 4.78 is 2.88. The number of aromatic hydroxyl groups is 1. The molecule has 35 heavy (non-hydrogen) atoms. The summed E-state index contributed by atoms with van der Waals surface area (Å²) >= 11 is 6.62. The molecule has 2 N–H and O–H groups in total. The number of phenolic OH excluding ortho intramolecular Hbond substituents is 1. The van der Waals surface area contributed by atoms with Gasteiger partial charge in [-0.15, -0.1) is 0 Å². The van der Waals surface area contributed by atoms with Crippen LogP contribution in [0.3, 0.4) is 0 Å². The molecule has 1 aromatic heterocycles. The van der Waals surface area contributed by atoms with Crippen molar-refractivity contribution < 1.29 is 9.90 Å². The normalized spacial score (nSPS) is 18.2. The van der Waals surface area contributed by atoms with Crippen molar-refractivity contribution in [3.8, 4) is 17.0 Å². The number of hydrogen-bond acceptors (Lipinski definition) is 4. The van der Waals surface area contributed by atoms with Gasteiger partial charge in [-0.1, -0.05) is 30.3 Å². The molecular formula is C26H28Br2N4O3. The number of piperidine rings is 2. The van der Waals surface area contributed by atoms with Crippen molar-refractivity contribution in [2.45, 2.75) is 37.8 Å². The van der Waals surface area contributed by atoms with E-state index in [2.05, 4.69) is 41.7 Å². The smallest absolute Gasteiger partial charge is 0.326 e. The SMILES string of the molecule is O=C(c1cc(Br)c(O)c(Br)c1)N1CCC(N2CCC(n3cc(-c4ccccc4)[nH]c3=O)CC2)CC1. The molecule has 9 heteroatoms. The number of aromatic amines is 1. The number of phenols is 1. The number of rotatable bonds is 4. The van der Waals surface area contributed by atoms with Crippen LogP contribution in [0.5, 0.6) is 5.75 Å². The number of amides is 1. The predicted molar refractivity (Wildman–Crippen MR) is 143 cm³/mol. The zero-order valence-corrected chi connectivity index (χ0v) is 22.5. The monoisotopic (exact) mass is 602 g/mol. The van der Waals surface area contributed by atoms with Gasteiger partial charge in [-0.25, -0.2) is 4.79 Å². The third-order valence-electron chi connectivity index (χ3n) is 7.25. The fourth-order valence-electron chi connectivity index (χ4n) is 5.28. The van der Waals surface area contributed by atoms with Crippen LogP contribution in [0.2, 0.25) is 0 Å². The molecule has 2 aliphatic heterocycles. The van der Waals surface area contributed by atoms with E-state index in [1.165, 1.54) is 0 Å². The standard InChI is InChI=1S/C26H28Br2N4O3/c27-21-14-18(15-22(28)24(21)33)25(34)31-12-6-19(7-13-31)30-10-8-20(9-11-30)32-16-23(29-26(32)35)17-4-2-1-3-5-17/h1-5,14-16,19-20,33H,6-13H2,(H,29,35). The number of hydrogen-bond donors (Lipinski definition) is 2. The lowest BCUT2D eigenvalue weighted by Gasteiger charge is -2.42. The third-order valence-corrected chi connectivity index (χ3v) is 8.46. The number of likely N-dealkylation sites (tertiary alicyclic amines) is 2. The molecule has 2 aliphatic rings. The van der Waals surface area contributed by atoms with Crippen molar-refractivity contribution in [3.63, 3.8) is 0 Å². The third kappa shape index (κ3) is 5.13. The Balaban J connectivity index is 1.16. The Morgan fingerprint density at radius 1 is 0.914 bits per heavy atom.